The summed E-state index contributed by atoms with van der Waals surface area (Å²) in [6.45, 7) is 1.23. The lowest BCUT2D eigenvalue weighted by Gasteiger charge is -2.30. The van der Waals surface area contributed by atoms with Gasteiger partial charge >= 0.3 is 0 Å². The van der Waals surface area contributed by atoms with E-state index in [1.807, 2.05) is 0 Å². The summed E-state index contributed by atoms with van der Waals surface area (Å²) >= 11 is 3.52. The minimum Gasteiger partial charge on any atom is -0.313 e. The van der Waals surface area contributed by atoms with E-state index in [-0.39, 0.29) is 0 Å². The smallest absolute Gasteiger partial charge is 0.0175 e. The van der Waals surface area contributed by atoms with Crippen molar-refractivity contribution in [3.8, 4) is 0 Å². The SMILES string of the molecule is Brc1ccc(CC2(CNC3CC3)CCCC2)cc1. The van der Waals surface area contributed by atoms with E-state index in [9.17, 15) is 0 Å². The first-order valence-corrected chi connectivity index (χ1v) is 8.03. The van der Waals surface area contributed by atoms with Gasteiger partial charge in [0, 0.05) is 17.1 Å². The van der Waals surface area contributed by atoms with E-state index in [4.69, 9.17) is 0 Å². The maximum atomic E-state index is 3.76. The Morgan fingerprint density at radius 1 is 1.11 bits per heavy atom. The second-order valence-electron chi connectivity index (χ2n) is 6.17. The van der Waals surface area contributed by atoms with Gasteiger partial charge in [0.25, 0.3) is 0 Å². The fourth-order valence-corrected chi connectivity index (χ4v) is 3.49. The van der Waals surface area contributed by atoms with Crippen molar-refractivity contribution in [3.05, 3.63) is 34.3 Å². The molecular weight excluding hydrogens is 286 g/mol. The molecule has 1 nitrogen and oxygen atoms in total. The maximum Gasteiger partial charge on any atom is 0.0175 e. The molecule has 2 aliphatic carbocycles. The molecule has 0 unspecified atom stereocenters. The largest absolute Gasteiger partial charge is 0.313 e. The van der Waals surface area contributed by atoms with E-state index < -0.39 is 0 Å². The van der Waals surface area contributed by atoms with Crippen LogP contribution in [0.5, 0.6) is 0 Å². The van der Waals surface area contributed by atoms with Crippen molar-refractivity contribution in [1.82, 2.24) is 5.32 Å². The van der Waals surface area contributed by atoms with Gasteiger partial charge in [-0.1, -0.05) is 40.9 Å². The van der Waals surface area contributed by atoms with E-state index in [2.05, 4.69) is 45.5 Å². The third-order valence-electron chi connectivity index (χ3n) is 4.50. The Balaban J connectivity index is 1.66. The summed E-state index contributed by atoms with van der Waals surface area (Å²) in [5, 5.41) is 3.76. The first kappa shape index (κ1) is 12.7. The standard InChI is InChI=1S/C16H22BrN/c17-14-5-3-13(4-6-14)11-16(9-1-2-10-16)12-18-15-7-8-15/h3-6,15,18H,1-2,7-12H2. The molecule has 2 heteroatoms. The average Bonchev–Trinajstić information content (AvgIpc) is 3.10. The van der Waals surface area contributed by atoms with Crippen molar-refractivity contribution in [1.29, 1.82) is 0 Å². The van der Waals surface area contributed by atoms with Gasteiger partial charge in [0.1, 0.15) is 0 Å². The van der Waals surface area contributed by atoms with Crippen molar-refractivity contribution < 1.29 is 0 Å². The molecule has 0 aliphatic heterocycles. The summed E-state index contributed by atoms with van der Waals surface area (Å²) in [6, 6.07) is 9.74. The van der Waals surface area contributed by atoms with E-state index in [1.165, 1.54) is 61.5 Å². The van der Waals surface area contributed by atoms with Gasteiger partial charge in [-0.05, 0) is 55.2 Å². The fraction of sp³-hybridized carbons (Fsp3) is 0.625. The number of benzene rings is 1. The number of nitrogens with one attached hydrogen (secondary N) is 1. The Kier molecular flexibility index (Phi) is 3.76. The number of halogens is 1. The van der Waals surface area contributed by atoms with Crippen molar-refractivity contribution in [2.75, 3.05) is 6.54 Å². The molecule has 0 bridgehead atoms. The van der Waals surface area contributed by atoms with Gasteiger partial charge in [0.05, 0.1) is 0 Å². The molecular formula is C16H22BrN. The molecule has 0 saturated heterocycles. The van der Waals surface area contributed by atoms with Crippen LogP contribution in [0, 0.1) is 5.41 Å². The van der Waals surface area contributed by atoms with Gasteiger partial charge in [-0.3, -0.25) is 0 Å². The molecule has 0 atom stereocenters. The molecule has 1 N–H and O–H groups in total. The van der Waals surface area contributed by atoms with E-state index in [0.717, 1.165) is 6.04 Å². The van der Waals surface area contributed by atoms with Crippen LogP contribution in [-0.2, 0) is 6.42 Å². The highest BCUT2D eigenvalue weighted by molar-refractivity contribution is 9.10. The monoisotopic (exact) mass is 307 g/mol. The number of rotatable bonds is 5. The molecule has 98 valence electrons. The zero-order valence-corrected chi connectivity index (χ0v) is 12.5. The Morgan fingerprint density at radius 3 is 2.39 bits per heavy atom. The van der Waals surface area contributed by atoms with Crippen molar-refractivity contribution in [2.45, 2.75) is 51.0 Å². The molecule has 2 fully saturated rings. The van der Waals surface area contributed by atoms with Crippen LogP contribution in [0.2, 0.25) is 0 Å². The minimum atomic E-state index is 0.538. The predicted octanol–water partition coefficient (Wildman–Crippen LogP) is 4.30. The Labute approximate surface area is 118 Å². The second kappa shape index (κ2) is 5.34. The van der Waals surface area contributed by atoms with Gasteiger partial charge in [-0.25, -0.2) is 0 Å². The maximum absolute atomic E-state index is 3.76. The topological polar surface area (TPSA) is 12.0 Å². The third kappa shape index (κ3) is 3.16. The van der Waals surface area contributed by atoms with Crippen LogP contribution in [0.4, 0.5) is 0 Å². The Morgan fingerprint density at radius 2 is 1.78 bits per heavy atom. The molecule has 1 aromatic rings. The van der Waals surface area contributed by atoms with Gasteiger partial charge in [0.2, 0.25) is 0 Å². The van der Waals surface area contributed by atoms with Gasteiger partial charge in [-0.2, -0.15) is 0 Å². The summed E-state index contributed by atoms with van der Waals surface area (Å²) in [5.41, 5.74) is 2.04. The zero-order chi connectivity index (χ0) is 12.4. The number of hydrogen-bond donors (Lipinski definition) is 1. The molecule has 0 amide bonds. The molecule has 2 saturated carbocycles. The lowest BCUT2D eigenvalue weighted by molar-refractivity contribution is 0.276. The molecule has 2 aliphatic rings. The van der Waals surface area contributed by atoms with Gasteiger partial charge in [0.15, 0.2) is 0 Å². The molecule has 1 aromatic carbocycles. The summed E-state index contributed by atoms with van der Waals surface area (Å²) < 4.78 is 1.18. The summed E-state index contributed by atoms with van der Waals surface area (Å²) in [4.78, 5) is 0. The quantitative estimate of drug-likeness (QED) is 0.855. The first-order valence-electron chi connectivity index (χ1n) is 7.24. The highest BCUT2D eigenvalue weighted by atomic mass is 79.9. The molecule has 0 aromatic heterocycles. The highest BCUT2D eigenvalue weighted by Crippen LogP contribution is 2.41. The Bertz CT molecular complexity index is 388. The highest BCUT2D eigenvalue weighted by Gasteiger charge is 2.35. The fourth-order valence-electron chi connectivity index (χ4n) is 3.22. The van der Waals surface area contributed by atoms with Crippen LogP contribution < -0.4 is 5.32 Å². The molecule has 0 radical (unpaired) electrons. The second-order valence-corrected chi connectivity index (χ2v) is 7.08. The lowest BCUT2D eigenvalue weighted by atomic mass is 9.80. The first-order chi connectivity index (χ1) is 8.76. The molecule has 0 heterocycles. The Hall–Kier alpha value is -0.340. The summed E-state index contributed by atoms with van der Waals surface area (Å²) in [7, 11) is 0. The van der Waals surface area contributed by atoms with Gasteiger partial charge in [-0.15, -0.1) is 0 Å². The van der Waals surface area contributed by atoms with Gasteiger partial charge < -0.3 is 5.32 Å². The minimum absolute atomic E-state index is 0.538. The van der Waals surface area contributed by atoms with Crippen LogP contribution in [0.1, 0.15) is 44.1 Å². The normalized spacial score (nSPS) is 22.3. The van der Waals surface area contributed by atoms with Crippen molar-refractivity contribution >= 4 is 15.9 Å². The predicted molar refractivity (Wildman–Crippen MR) is 79.8 cm³/mol. The molecule has 18 heavy (non-hydrogen) atoms. The van der Waals surface area contributed by atoms with Crippen LogP contribution in [0.15, 0.2) is 28.7 Å². The molecule has 0 spiro atoms. The van der Waals surface area contributed by atoms with Crippen LogP contribution in [0.3, 0.4) is 0 Å². The van der Waals surface area contributed by atoms with Crippen LogP contribution in [0.25, 0.3) is 0 Å². The van der Waals surface area contributed by atoms with E-state index in [1.54, 1.807) is 0 Å². The van der Waals surface area contributed by atoms with E-state index in [0.29, 0.717) is 5.41 Å². The lowest BCUT2D eigenvalue weighted by Crippen LogP contribution is -2.35. The van der Waals surface area contributed by atoms with Crippen molar-refractivity contribution in [3.63, 3.8) is 0 Å². The van der Waals surface area contributed by atoms with E-state index >= 15 is 0 Å². The van der Waals surface area contributed by atoms with Crippen LogP contribution >= 0.6 is 15.9 Å². The van der Waals surface area contributed by atoms with Crippen molar-refractivity contribution in [2.24, 2.45) is 5.41 Å². The summed E-state index contributed by atoms with van der Waals surface area (Å²) in [6.07, 6.45) is 9.69. The van der Waals surface area contributed by atoms with Crippen LogP contribution in [-0.4, -0.2) is 12.6 Å². The zero-order valence-electron chi connectivity index (χ0n) is 10.9. The average molecular weight is 308 g/mol. The summed E-state index contributed by atoms with van der Waals surface area (Å²) in [5.74, 6) is 0. The molecule has 3 rings (SSSR count). The number of hydrogen-bond acceptors (Lipinski definition) is 1. The third-order valence-corrected chi connectivity index (χ3v) is 5.03.